The fraction of sp³-hybridized carbons (Fsp3) is 0.353. The number of nitrogens with zero attached hydrogens (tertiary/aromatic N) is 4. The summed E-state index contributed by atoms with van der Waals surface area (Å²) in [4.78, 5) is 33.9. The van der Waals surface area contributed by atoms with Gasteiger partial charge in [-0.15, -0.1) is 0 Å². The van der Waals surface area contributed by atoms with Crippen LogP contribution in [0.25, 0.3) is 6.08 Å². The molecule has 2 aliphatic heterocycles. The number of aromatic nitrogens is 1. The van der Waals surface area contributed by atoms with Gasteiger partial charge in [-0.05, 0) is 25.5 Å². The Labute approximate surface area is 148 Å². The van der Waals surface area contributed by atoms with Crippen LogP contribution in [-0.4, -0.2) is 45.9 Å². The molecule has 1 fully saturated rings. The van der Waals surface area contributed by atoms with Gasteiger partial charge in [0.15, 0.2) is 12.3 Å². The molecule has 1 aromatic heterocycles. The highest BCUT2D eigenvalue weighted by atomic mass is 32.1. The van der Waals surface area contributed by atoms with Gasteiger partial charge in [0.25, 0.3) is 5.56 Å². The predicted molar refractivity (Wildman–Crippen MR) is 96.5 cm³/mol. The van der Waals surface area contributed by atoms with Crippen molar-refractivity contribution in [3.63, 3.8) is 0 Å². The first kappa shape index (κ1) is 15.9. The zero-order valence-electron chi connectivity index (χ0n) is 14.0. The number of hydrogen-bond acceptors (Lipinski definition) is 5. The predicted octanol–water partition coefficient (Wildman–Crippen LogP) is 0.345. The minimum absolute atomic E-state index is 0.0458. The van der Waals surface area contributed by atoms with Crippen LogP contribution in [0.4, 0.5) is 4.79 Å². The van der Waals surface area contributed by atoms with Gasteiger partial charge >= 0.3 is 6.03 Å². The van der Waals surface area contributed by atoms with Crippen LogP contribution in [0.2, 0.25) is 0 Å². The molecular weight excluding hydrogens is 338 g/mol. The van der Waals surface area contributed by atoms with Crippen molar-refractivity contribution in [1.29, 1.82) is 0 Å². The molecule has 0 bridgehead atoms. The Kier molecular flexibility index (Phi) is 3.84. The molecule has 4 rings (SSSR count). The smallest absolute Gasteiger partial charge is 0.299 e. The monoisotopic (exact) mass is 357 g/mol. The number of benzene rings is 1. The zero-order valence-corrected chi connectivity index (χ0v) is 14.9. The maximum absolute atomic E-state index is 12.7. The van der Waals surface area contributed by atoms with E-state index in [0.29, 0.717) is 22.4 Å². The molecule has 0 saturated carbocycles. The van der Waals surface area contributed by atoms with Crippen LogP contribution in [0.15, 0.2) is 40.1 Å². The van der Waals surface area contributed by atoms with Gasteiger partial charge in [0.05, 0.1) is 4.53 Å². The van der Waals surface area contributed by atoms with Crippen LogP contribution in [0.3, 0.4) is 0 Å². The van der Waals surface area contributed by atoms with Crippen molar-refractivity contribution in [2.45, 2.75) is 26.2 Å². The molecule has 0 spiro atoms. The number of fused-ring (bicyclic) bond motifs is 2. The van der Waals surface area contributed by atoms with Crippen molar-refractivity contribution in [2.24, 2.45) is 4.99 Å². The molecule has 2 aromatic rings. The Morgan fingerprint density at radius 2 is 1.88 bits per heavy atom. The summed E-state index contributed by atoms with van der Waals surface area (Å²) in [6.45, 7) is 5.02. The third kappa shape index (κ3) is 2.44. The second-order valence-electron chi connectivity index (χ2n) is 5.92. The molecule has 0 radical (unpaired) electrons. The third-order valence-electron chi connectivity index (χ3n) is 4.52. The molecule has 0 aliphatic carbocycles. The first-order valence-electron chi connectivity index (χ1n) is 8.34. The highest BCUT2D eigenvalue weighted by Crippen LogP contribution is 2.23. The van der Waals surface area contributed by atoms with Gasteiger partial charge in [-0.3, -0.25) is 20.0 Å². The van der Waals surface area contributed by atoms with Crippen molar-refractivity contribution < 1.29 is 4.79 Å². The highest BCUT2D eigenvalue weighted by Gasteiger charge is 2.46. The summed E-state index contributed by atoms with van der Waals surface area (Å²) >= 11 is 1.34. The van der Waals surface area contributed by atoms with E-state index in [-0.39, 0.29) is 23.9 Å². The largest absolute Gasteiger partial charge is 0.323 e. The van der Waals surface area contributed by atoms with E-state index < -0.39 is 0 Å². The molecule has 130 valence electrons. The molecule has 1 aromatic carbocycles. The summed E-state index contributed by atoms with van der Waals surface area (Å²) in [5.41, 5.74) is 4.03. The van der Waals surface area contributed by atoms with Crippen LogP contribution >= 0.6 is 11.3 Å². The number of likely N-dealkylation sites (N-methyl/N-ethyl adjacent to an activating group) is 2. The molecule has 3 heterocycles. The lowest BCUT2D eigenvalue weighted by molar-refractivity contribution is 0.189. The second-order valence-corrected chi connectivity index (χ2v) is 6.92. The Hall–Kier alpha value is -2.61. The molecule has 2 amide bonds. The van der Waals surface area contributed by atoms with Crippen LogP contribution < -0.4 is 20.3 Å². The summed E-state index contributed by atoms with van der Waals surface area (Å²) in [6, 6.07) is 9.69. The maximum Gasteiger partial charge on any atom is 0.323 e. The zero-order chi connectivity index (χ0) is 17.6. The first-order chi connectivity index (χ1) is 12.1. The molecular formula is C17H19N5O2S. The number of nitrogens with one attached hydrogen (secondary N) is 1. The first-order valence-corrected chi connectivity index (χ1v) is 9.16. The fourth-order valence-corrected chi connectivity index (χ4v) is 4.24. The Morgan fingerprint density at radius 1 is 1.16 bits per heavy atom. The number of rotatable bonds is 3. The Morgan fingerprint density at radius 3 is 2.56 bits per heavy atom. The summed E-state index contributed by atoms with van der Waals surface area (Å²) in [5, 5.41) is 0. The van der Waals surface area contributed by atoms with E-state index >= 15 is 0 Å². The molecule has 8 heteroatoms. The van der Waals surface area contributed by atoms with Gasteiger partial charge < -0.3 is 0 Å². The summed E-state index contributed by atoms with van der Waals surface area (Å²) < 4.78 is 2.09. The van der Waals surface area contributed by atoms with E-state index in [0.717, 1.165) is 5.56 Å². The van der Waals surface area contributed by atoms with Gasteiger partial charge in [-0.1, -0.05) is 41.7 Å². The van der Waals surface area contributed by atoms with E-state index in [4.69, 9.17) is 4.99 Å². The molecule has 2 atom stereocenters. The van der Waals surface area contributed by atoms with Crippen molar-refractivity contribution in [2.75, 3.05) is 18.5 Å². The number of thiazole rings is 1. The molecule has 7 nitrogen and oxygen atoms in total. The average molecular weight is 357 g/mol. The van der Waals surface area contributed by atoms with Gasteiger partial charge in [0.2, 0.25) is 4.80 Å². The summed E-state index contributed by atoms with van der Waals surface area (Å²) in [6.07, 6.45) is 1.24. The number of carbonyl (C=O) groups is 1. The van der Waals surface area contributed by atoms with Crippen LogP contribution in [0.1, 0.15) is 19.4 Å². The van der Waals surface area contributed by atoms with Crippen molar-refractivity contribution in [3.05, 3.63) is 55.6 Å². The second kappa shape index (κ2) is 6.03. The van der Waals surface area contributed by atoms with E-state index in [1.807, 2.05) is 50.3 Å². The molecule has 2 aliphatic rings. The standard InChI is InChI=1S/C17H19N5O2S/c1-3-20-13-14(21(4-2)17(20)24)19-22-15(23)12(25-16(22)18-13)10-11-8-6-5-7-9-11/h5-10,13-14,19H,3-4H2,1-2H3/b12-10-. The fourth-order valence-electron chi connectivity index (χ4n) is 3.28. The topological polar surface area (TPSA) is 69.9 Å². The van der Waals surface area contributed by atoms with Crippen molar-refractivity contribution in [3.8, 4) is 0 Å². The van der Waals surface area contributed by atoms with Crippen LogP contribution in [-0.2, 0) is 0 Å². The quantitative estimate of drug-likeness (QED) is 0.862. The minimum Gasteiger partial charge on any atom is -0.299 e. The summed E-state index contributed by atoms with van der Waals surface area (Å²) in [5.74, 6) is 0. The van der Waals surface area contributed by atoms with Crippen LogP contribution in [0, 0.1) is 0 Å². The maximum atomic E-state index is 12.7. The molecule has 1 N–H and O–H groups in total. The number of amides is 2. The molecule has 2 unspecified atom stereocenters. The van der Waals surface area contributed by atoms with Crippen molar-refractivity contribution in [1.82, 2.24) is 14.5 Å². The lowest BCUT2D eigenvalue weighted by atomic mass is 10.2. The number of carbonyl (C=O) groups excluding carboxylic acids is 1. The Balaban J connectivity index is 1.82. The third-order valence-corrected chi connectivity index (χ3v) is 5.50. The minimum atomic E-state index is -0.318. The summed E-state index contributed by atoms with van der Waals surface area (Å²) in [7, 11) is 0. The normalized spacial score (nSPS) is 22.5. The van der Waals surface area contributed by atoms with Crippen molar-refractivity contribution >= 4 is 23.4 Å². The van der Waals surface area contributed by atoms with Crippen LogP contribution in [0.5, 0.6) is 0 Å². The average Bonchev–Trinajstić information content (AvgIpc) is 3.07. The number of hydrogen-bond donors (Lipinski definition) is 1. The Bertz CT molecular complexity index is 981. The van der Waals surface area contributed by atoms with Gasteiger partial charge in [-0.25, -0.2) is 9.79 Å². The van der Waals surface area contributed by atoms with E-state index in [1.165, 1.54) is 16.0 Å². The van der Waals surface area contributed by atoms with Gasteiger partial charge in [0, 0.05) is 13.1 Å². The SMILES string of the molecule is CCN1C(=O)N(CC)C2Nn3c(s/c(=C\c4ccccc4)c3=O)=NC21. The van der Waals surface area contributed by atoms with E-state index in [9.17, 15) is 9.59 Å². The van der Waals surface area contributed by atoms with E-state index in [1.54, 1.807) is 9.80 Å². The molecule has 25 heavy (non-hydrogen) atoms. The lowest BCUT2D eigenvalue weighted by Gasteiger charge is -2.28. The van der Waals surface area contributed by atoms with Gasteiger partial charge in [0.1, 0.15) is 0 Å². The molecule has 1 saturated heterocycles. The highest BCUT2D eigenvalue weighted by molar-refractivity contribution is 7.07. The number of urea groups is 1. The van der Waals surface area contributed by atoms with Gasteiger partial charge in [-0.2, -0.15) is 4.68 Å². The van der Waals surface area contributed by atoms with E-state index in [2.05, 4.69) is 5.43 Å². The lowest BCUT2D eigenvalue weighted by Crippen LogP contribution is -2.55.